The molecule has 0 atom stereocenters. The Morgan fingerprint density at radius 3 is 2.44 bits per heavy atom. The Labute approximate surface area is 163 Å². The summed E-state index contributed by atoms with van der Waals surface area (Å²) in [6.45, 7) is 2.67. The first-order chi connectivity index (χ1) is 13.1. The number of rotatable bonds is 7. The van der Waals surface area contributed by atoms with Crippen molar-refractivity contribution in [1.82, 2.24) is 10.7 Å². The van der Waals surface area contributed by atoms with E-state index in [0.29, 0.717) is 27.9 Å². The third-order valence-electron chi connectivity index (χ3n) is 3.43. The molecule has 0 aromatic heterocycles. The van der Waals surface area contributed by atoms with Gasteiger partial charge in [0, 0.05) is 6.54 Å². The number of carbonyl (C=O) groups excluding carboxylic acids is 1. The van der Waals surface area contributed by atoms with Gasteiger partial charge in [-0.1, -0.05) is 0 Å². The van der Waals surface area contributed by atoms with E-state index in [1.165, 1.54) is 14.2 Å². The Morgan fingerprint density at radius 1 is 1.11 bits per heavy atom. The molecular formula is C19H21N3O4S. The van der Waals surface area contributed by atoms with Crippen molar-refractivity contribution in [2.45, 2.75) is 6.92 Å². The van der Waals surface area contributed by atoms with Crippen molar-refractivity contribution in [3.05, 3.63) is 53.6 Å². The molecule has 2 N–H and O–H groups in total. The predicted molar refractivity (Wildman–Crippen MR) is 108 cm³/mol. The maximum atomic E-state index is 12.3. The zero-order valence-electron chi connectivity index (χ0n) is 15.3. The number of benzene rings is 2. The summed E-state index contributed by atoms with van der Waals surface area (Å²) in [5.41, 5.74) is 3.89. The van der Waals surface area contributed by atoms with Gasteiger partial charge in [0.05, 0.1) is 26.0 Å². The van der Waals surface area contributed by atoms with Gasteiger partial charge in [-0.2, -0.15) is 5.10 Å². The molecule has 2 rings (SSSR count). The highest BCUT2D eigenvalue weighted by atomic mass is 32.1. The van der Waals surface area contributed by atoms with Gasteiger partial charge in [-0.3, -0.25) is 5.43 Å². The molecule has 0 aliphatic heterocycles. The quantitative estimate of drug-likeness (QED) is 0.249. The van der Waals surface area contributed by atoms with Gasteiger partial charge in [0.2, 0.25) is 0 Å². The molecule has 0 bridgehead atoms. The smallest absolute Gasteiger partial charge is 0.343 e. The molecule has 0 spiro atoms. The van der Waals surface area contributed by atoms with E-state index in [9.17, 15) is 4.79 Å². The first-order valence-corrected chi connectivity index (χ1v) is 8.59. The SMILES string of the molecule is CCNC(=S)N/N=C\c1ccc(OC(=O)c2ccc(OC)c(OC)c2)cc1. The van der Waals surface area contributed by atoms with Gasteiger partial charge in [-0.15, -0.1) is 0 Å². The Hall–Kier alpha value is -3.13. The van der Waals surface area contributed by atoms with Crippen LogP contribution in [-0.2, 0) is 0 Å². The van der Waals surface area contributed by atoms with Gasteiger partial charge in [0.15, 0.2) is 16.6 Å². The van der Waals surface area contributed by atoms with Crippen LogP contribution in [0.1, 0.15) is 22.8 Å². The first kappa shape index (κ1) is 20.2. The summed E-state index contributed by atoms with van der Waals surface area (Å²) >= 11 is 5.01. The Kier molecular flexibility index (Phi) is 7.57. The molecular weight excluding hydrogens is 366 g/mol. The summed E-state index contributed by atoms with van der Waals surface area (Å²) in [5.74, 6) is 0.930. The van der Waals surface area contributed by atoms with Crippen molar-refractivity contribution < 1.29 is 19.0 Å². The van der Waals surface area contributed by atoms with Crippen LogP contribution in [0.3, 0.4) is 0 Å². The summed E-state index contributed by atoms with van der Waals surface area (Å²) in [7, 11) is 3.04. The van der Waals surface area contributed by atoms with Crippen LogP contribution in [0.25, 0.3) is 0 Å². The summed E-state index contributed by atoms with van der Waals surface area (Å²) in [6, 6.07) is 11.8. The monoisotopic (exact) mass is 387 g/mol. The average Bonchev–Trinajstić information content (AvgIpc) is 2.69. The van der Waals surface area contributed by atoms with Gasteiger partial charge >= 0.3 is 5.97 Å². The highest BCUT2D eigenvalue weighted by Gasteiger charge is 2.12. The maximum absolute atomic E-state index is 12.3. The number of ether oxygens (including phenoxy) is 3. The lowest BCUT2D eigenvalue weighted by Crippen LogP contribution is -2.31. The van der Waals surface area contributed by atoms with Crippen LogP contribution in [0.5, 0.6) is 17.2 Å². The molecule has 7 nitrogen and oxygen atoms in total. The first-order valence-electron chi connectivity index (χ1n) is 8.18. The van der Waals surface area contributed by atoms with E-state index in [-0.39, 0.29) is 0 Å². The van der Waals surface area contributed by atoms with Crippen LogP contribution in [0.4, 0.5) is 0 Å². The standard InChI is InChI=1S/C19H21N3O4S/c1-4-20-19(27)22-21-12-13-5-8-15(9-6-13)26-18(23)14-7-10-16(24-2)17(11-14)25-3/h5-12H,4H2,1-3H3,(H2,20,22,27)/b21-12-. The molecule has 27 heavy (non-hydrogen) atoms. The molecule has 0 amide bonds. The van der Waals surface area contributed by atoms with Crippen LogP contribution >= 0.6 is 12.2 Å². The van der Waals surface area contributed by atoms with E-state index < -0.39 is 5.97 Å². The lowest BCUT2D eigenvalue weighted by molar-refractivity contribution is 0.0734. The van der Waals surface area contributed by atoms with E-state index in [4.69, 9.17) is 26.4 Å². The minimum absolute atomic E-state index is 0.361. The molecule has 142 valence electrons. The molecule has 0 aliphatic rings. The number of hydrogen-bond donors (Lipinski definition) is 2. The van der Waals surface area contributed by atoms with Crippen molar-refractivity contribution in [2.75, 3.05) is 20.8 Å². The number of methoxy groups -OCH3 is 2. The molecule has 2 aromatic carbocycles. The number of esters is 1. The summed E-state index contributed by atoms with van der Waals surface area (Å²) < 4.78 is 15.7. The van der Waals surface area contributed by atoms with Crippen LogP contribution in [0, 0.1) is 0 Å². The van der Waals surface area contributed by atoms with Crippen molar-refractivity contribution in [2.24, 2.45) is 5.10 Å². The van der Waals surface area contributed by atoms with E-state index in [1.54, 1.807) is 48.7 Å². The summed E-state index contributed by atoms with van der Waals surface area (Å²) in [6.07, 6.45) is 1.61. The summed E-state index contributed by atoms with van der Waals surface area (Å²) in [4.78, 5) is 12.3. The van der Waals surface area contributed by atoms with E-state index in [0.717, 1.165) is 12.1 Å². The number of nitrogens with zero attached hydrogens (tertiary/aromatic N) is 1. The number of hydrogen-bond acceptors (Lipinski definition) is 6. The summed E-state index contributed by atoms with van der Waals surface area (Å²) in [5, 5.41) is 7.40. The molecule has 0 saturated carbocycles. The van der Waals surface area contributed by atoms with Crippen molar-refractivity contribution in [3.63, 3.8) is 0 Å². The van der Waals surface area contributed by atoms with E-state index in [2.05, 4.69) is 15.8 Å². The van der Waals surface area contributed by atoms with Gasteiger partial charge in [-0.05, 0) is 67.2 Å². The molecule has 2 aromatic rings. The highest BCUT2D eigenvalue weighted by molar-refractivity contribution is 7.80. The maximum Gasteiger partial charge on any atom is 0.343 e. The van der Waals surface area contributed by atoms with Crippen LogP contribution in [0.15, 0.2) is 47.6 Å². The van der Waals surface area contributed by atoms with E-state index in [1.807, 2.05) is 6.92 Å². The number of nitrogens with one attached hydrogen (secondary N) is 2. The topological polar surface area (TPSA) is 81.2 Å². The van der Waals surface area contributed by atoms with Crippen LogP contribution in [0.2, 0.25) is 0 Å². The van der Waals surface area contributed by atoms with Gasteiger partial charge in [0.1, 0.15) is 5.75 Å². The van der Waals surface area contributed by atoms with Crippen LogP contribution < -0.4 is 25.0 Å². The fourth-order valence-corrected chi connectivity index (χ4v) is 2.31. The Bertz CT molecular complexity index is 822. The second-order valence-electron chi connectivity index (χ2n) is 5.26. The van der Waals surface area contributed by atoms with Crippen LogP contribution in [-0.4, -0.2) is 38.1 Å². The Morgan fingerprint density at radius 2 is 1.81 bits per heavy atom. The molecule has 0 radical (unpaired) electrons. The Balaban J connectivity index is 1.98. The minimum atomic E-state index is -0.491. The molecule has 0 heterocycles. The number of hydrazone groups is 1. The molecule has 0 fully saturated rings. The zero-order chi connectivity index (χ0) is 19.6. The van der Waals surface area contributed by atoms with Crippen molar-refractivity contribution in [3.8, 4) is 17.2 Å². The average molecular weight is 387 g/mol. The van der Waals surface area contributed by atoms with Crippen molar-refractivity contribution >= 4 is 29.5 Å². The lowest BCUT2D eigenvalue weighted by atomic mass is 10.2. The molecule has 0 unspecified atom stereocenters. The highest BCUT2D eigenvalue weighted by Crippen LogP contribution is 2.28. The third kappa shape index (κ3) is 5.96. The predicted octanol–water partition coefficient (Wildman–Crippen LogP) is 2.74. The number of carbonyl (C=O) groups is 1. The molecule has 8 heteroatoms. The second kappa shape index (κ2) is 10.1. The van der Waals surface area contributed by atoms with Gasteiger partial charge in [-0.25, -0.2) is 4.79 Å². The van der Waals surface area contributed by atoms with Gasteiger partial charge < -0.3 is 19.5 Å². The number of thiocarbonyl (C=S) groups is 1. The molecule has 0 saturated heterocycles. The fourth-order valence-electron chi connectivity index (χ4n) is 2.12. The second-order valence-corrected chi connectivity index (χ2v) is 5.67. The minimum Gasteiger partial charge on any atom is -0.493 e. The zero-order valence-corrected chi connectivity index (χ0v) is 16.1. The fraction of sp³-hybridized carbons (Fsp3) is 0.211. The molecule has 0 aliphatic carbocycles. The lowest BCUT2D eigenvalue weighted by Gasteiger charge is -2.09. The van der Waals surface area contributed by atoms with E-state index >= 15 is 0 Å². The third-order valence-corrected chi connectivity index (χ3v) is 3.66. The van der Waals surface area contributed by atoms with Crippen molar-refractivity contribution in [1.29, 1.82) is 0 Å². The van der Waals surface area contributed by atoms with Gasteiger partial charge in [0.25, 0.3) is 0 Å². The normalized spacial score (nSPS) is 10.3. The largest absolute Gasteiger partial charge is 0.493 e.